The second kappa shape index (κ2) is 10.8. The molecule has 0 bridgehead atoms. The van der Waals surface area contributed by atoms with Crippen LogP contribution in [0.3, 0.4) is 0 Å². The monoisotopic (exact) mass is 408 g/mol. The van der Waals surface area contributed by atoms with Crippen molar-refractivity contribution in [2.24, 2.45) is 4.99 Å². The van der Waals surface area contributed by atoms with E-state index in [0.717, 1.165) is 6.54 Å². The van der Waals surface area contributed by atoms with Gasteiger partial charge in [0.1, 0.15) is 9.84 Å². The van der Waals surface area contributed by atoms with Gasteiger partial charge in [-0.25, -0.2) is 8.42 Å². The van der Waals surface area contributed by atoms with E-state index in [0.29, 0.717) is 25.0 Å². The molecule has 158 valence electrons. The number of nitrogens with zero attached hydrogens (tertiary/aromatic N) is 2. The third-order valence-corrected chi connectivity index (χ3v) is 6.31. The molecule has 2 N–H and O–H groups in total. The predicted molar refractivity (Wildman–Crippen MR) is 117 cm³/mol. The van der Waals surface area contributed by atoms with Gasteiger partial charge in [0.25, 0.3) is 0 Å². The zero-order chi connectivity index (χ0) is 20.6. The molecule has 1 aromatic rings. The van der Waals surface area contributed by atoms with Crippen molar-refractivity contribution in [3.05, 3.63) is 35.4 Å². The molecule has 0 spiro atoms. The van der Waals surface area contributed by atoms with Crippen LogP contribution in [0.15, 0.2) is 29.3 Å². The third kappa shape index (κ3) is 8.19. The third-order valence-electron chi connectivity index (χ3n) is 5.34. The number of rotatable bonds is 8. The predicted octanol–water partition coefficient (Wildman–Crippen LogP) is 2.55. The largest absolute Gasteiger partial charge is 0.354 e. The molecule has 2 atom stereocenters. The van der Waals surface area contributed by atoms with Gasteiger partial charge >= 0.3 is 0 Å². The molecule has 1 fully saturated rings. The Morgan fingerprint density at radius 2 is 1.93 bits per heavy atom. The fourth-order valence-corrected chi connectivity index (χ4v) is 4.25. The fraction of sp³-hybridized carbons (Fsp3) is 0.667. The van der Waals surface area contributed by atoms with Gasteiger partial charge in [-0.1, -0.05) is 30.7 Å². The van der Waals surface area contributed by atoms with Crippen LogP contribution >= 0.6 is 0 Å². The summed E-state index contributed by atoms with van der Waals surface area (Å²) in [5, 5.41) is 6.55. The number of hydrogen-bond donors (Lipinski definition) is 2. The molecule has 0 radical (unpaired) electrons. The summed E-state index contributed by atoms with van der Waals surface area (Å²) >= 11 is 0. The molecule has 2 rings (SSSR count). The van der Waals surface area contributed by atoms with E-state index in [1.54, 1.807) is 7.05 Å². The normalized spacial score (nSPS) is 20.0. The van der Waals surface area contributed by atoms with Crippen LogP contribution in [0.1, 0.15) is 50.7 Å². The average molecular weight is 409 g/mol. The number of benzene rings is 1. The second-order valence-electron chi connectivity index (χ2n) is 8.02. The lowest BCUT2D eigenvalue weighted by atomic mass is 10.0. The van der Waals surface area contributed by atoms with Crippen molar-refractivity contribution < 1.29 is 8.42 Å². The minimum atomic E-state index is -2.94. The van der Waals surface area contributed by atoms with Crippen LogP contribution < -0.4 is 10.6 Å². The Balaban J connectivity index is 1.79. The van der Waals surface area contributed by atoms with E-state index >= 15 is 0 Å². The highest BCUT2D eigenvalue weighted by Gasteiger charge is 2.18. The Labute approximate surface area is 170 Å². The number of hydrogen-bond acceptors (Lipinski definition) is 4. The SMILES string of the molecule is CN=C(NCc1ccc(CN2CCCCC2C)cc1)NC(C)CCS(C)(=O)=O. The molecule has 0 saturated carbocycles. The van der Waals surface area contributed by atoms with Crippen LogP contribution in [0, 0.1) is 0 Å². The van der Waals surface area contributed by atoms with Gasteiger partial charge in [-0.2, -0.15) is 0 Å². The lowest BCUT2D eigenvalue weighted by Gasteiger charge is -2.33. The van der Waals surface area contributed by atoms with Crippen LogP contribution in [0.5, 0.6) is 0 Å². The summed E-state index contributed by atoms with van der Waals surface area (Å²) in [6, 6.07) is 9.46. The van der Waals surface area contributed by atoms with Gasteiger partial charge in [-0.05, 0) is 50.8 Å². The van der Waals surface area contributed by atoms with Gasteiger partial charge in [-0.15, -0.1) is 0 Å². The van der Waals surface area contributed by atoms with Gasteiger partial charge in [0.05, 0.1) is 5.75 Å². The van der Waals surface area contributed by atoms with Gasteiger partial charge in [0.2, 0.25) is 0 Å². The number of guanidine groups is 1. The van der Waals surface area contributed by atoms with Crippen molar-refractivity contribution >= 4 is 15.8 Å². The minimum absolute atomic E-state index is 0.0369. The molecule has 1 aliphatic rings. The van der Waals surface area contributed by atoms with E-state index < -0.39 is 9.84 Å². The maximum Gasteiger partial charge on any atom is 0.191 e. The highest BCUT2D eigenvalue weighted by molar-refractivity contribution is 7.90. The fourth-order valence-electron chi connectivity index (χ4n) is 3.47. The Bertz CT molecular complexity index is 731. The van der Waals surface area contributed by atoms with E-state index in [2.05, 4.69) is 51.7 Å². The summed E-state index contributed by atoms with van der Waals surface area (Å²) in [7, 11) is -1.22. The standard InChI is InChI=1S/C21H36N4O2S/c1-17(12-14-28(4,26)27)24-21(22-3)23-15-19-8-10-20(11-9-19)16-25-13-6-5-7-18(25)2/h8-11,17-18H,5-7,12-16H2,1-4H3,(H2,22,23,24). The van der Waals surface area contributed by atoms with E-state index in [-0.39, 0.29) is 11.8 Å². The smallest absolute Gasteiger partial charge is 0.191 e. The first-order chi connectivity index (χ1) is 13.3. The molecule has 1 aromatic carbocycles. The summed E-state index contributed by atoms with van der Waals surface area (Å²) in [6.07, 6.45) is 5.79. The van der Waals surface area contributed by atoms with Crippen LogP contribution in [0.25, 0.3) is 0 Å². The molecule has 7 heteroatoms. The maximum absolute atomic E-state index is 11.3. The van der Waals surface area contributed by atoms with Crippen molar-refractivity contribution in [3.63, 3.8) is 0 Å². The quantitative estimate of drug-likeness (QED) is 0.511. The van der Waals surface area contributed by atoms with Crippen molar-refractivity contribution in [2.45, 2.75) is 64.7 Å². The summed E-state index contributed by atoms with van der Waals surface area (Å²) in [4.78, 5) is 6.80. The summed E-state index contributed by atoms with van der Waals surface area (Å²) in [5.74, 6) is 0.863. The number of nitrogens with one attached hydrogen (secondary N) is 2. The number of piperidine rings is 1. The highest BCUT2D eigenvalue weighted by Crippen LogP contribution is 2.19. The first-order valence-electron chi connectivity index (χ1n) is 10.2. The minimum Gasteiger partial charge on any atom is -0.354 e. The second-order valence-corrected chi connectivity index (χ2v) is 10.3. The Hall–Kier alpha value is -1.60. The topological polar surface area (TPSA) is 73.8 Å². The molecule has 1 heterocycles. The lowest BCUT2D eigenvalue weighted by Crippen LogP contribution is -2.42. The summed E-state index contributed by atoms with van der Waals surface area (Å²) in [5.41, 5.74) is 2.55. The number of aliphatic imine (C=N–C) groups is 1. The zero-order valence-electron chi connectivity index (χ0n) is 17.7. The van der Waals surface area contributed by atoms with Crippen molar-refractivity contribution in [2.75, 3.05) is 25.6 Å². The van der Waals surface area contributed by atoms with Crippen molar-refractivity contribution in [3.8, 4) is 0 Å². The zero-order valence-corrected chi connectivity index (χ0v) is 18.6. The number of sulfone groups is 1. The van der Waals surface area contributed by atoms with Gasteiger partial charge < -0.3 is 10.6 Å². The van der Waals surface area contributed by atoms with E-state index in [1.165, 1.54) is 43.2 Å². The Kier molecular flexibility index (Phi) is 8.76. The molecule has 1 aliphatic heterocycles. The molecule has 6 nitrogen and oxygen atoms in total. The Morgan fingerprint density at radius 3 is 2.54 bits per heavy atom. The first-order valence-corrected chi connectivity index (χ1v) is 12.3. The van der Waals surface area contributed by atoms with Gasteiger partial charge in [-0.3, -0.25) is 9.89 Å². The van der Waals surface area contributed by atoms with Gasteiger partial charge in [0, 0.05) is 38.5 Å². The molecule has 0 amide bonds. The average Bonchev–Trinajstić information content (AvgIpc) is 2.66. The molecule has 1 saturated heterocycles. The highest BCUT2D eigenvalue weighted by atomic mass is 32.2. The molecular formula is C21H36N4O2S. The van der Waals surface area contributed by atoms with Crippen molar-refractivity contribution in [1.29, 1.82) is 0 Å². The molecule has 0 aliphatic carbocycles. The van der Waals surface area contributed by atoms with Crippen LogP contribution in [0.4, 0.5) is 0 Å². The van der Waals surface area contributed by atoms with Crippen molar-refractivity contribution in [1.82, 2.24) is 15.5 Å². The summed E-state index contributed by atoms with van der Waals surface area (Å²) in [6.45, 7) is 7.19. The van der Waals surface area contributed by atoms with Crippen LogP contribution in [-0.2, 0) is 22.9 Å². The van der Waals surface area contributed by atoms with E-state index in [9.17, 15) is 8.42 Å². The van der Waals surface area contributed by atoms with E-state index in [4.69, 9.17) is 0 Å². The van der Waals surface area contributed by atoms with Crippen LogP contribution in [-0.4, -0.2) is 57.0 Å². The van der Waals surface area contributed by atoms with Crippen LogP contribution in [0.2, 0.25) is 0 Å². The van der Waals surface area contributed by atoms with Gasteiger partial charge in [0.15, 0.2) is 5.96 Å². The Morgan fingerprint density at radius 1 is 1.25 bits per heavy atom. The summed E-state index contributed by atoms with van der Waals surface area (Å²) < 4.78 is 22.6. The van der Waals surface area contributed by atoms with E-state index in [1.807, 2.05) is 6.92 Å². The molecular weight excluding hydrogens is 372 g/mol. The first kappa shape index (κ1) is 22.7. The maximum atomic E-state index is 11.3. The molecule has 28 heavy (non-hydrogen) atoms. The number of likely N-dealkylation sites (tertiary alicyclic amines) is 1. The molecule has 0 aromatic heterocycles. The molecule has 2 unspecified atom stereocenters. The lowest BCUT2D eigenvalue weighted by molar-refractivity contribution is 0.152.